The maximum atomic E-state index is 13.7. The Morgan fingerprint density at radius 2 is 2.10 bits per heavy atom. The van der Waals surface area contributed by atoms with Gasteiger partial charge < -0.3 is 10.2 Å². The highest BCUT2D eigenvalue weighted by molar-refractivity contribution is 7.92. The Bertz CT molecular complexity index is 752. The number of sulfonamides is 1. The molecule has 0 atom stereocenters. The first-order valence-corrected chi connectivity index (χ1v) is 7.24. The number of hydrogen-bond acceptors (Lipinski definition) is 6. The van der Waals surface area contributed by atoms with Crippen molar-refractivity contribution in [3.63, 3.8) is 0 Å². The molecule has 0 radical (unpaired) electrons. The number of pyridine rings is 1. The number of methoxy groups -OCH3 is 1. The van der Waals surface area contributed by atoms with E-state index in [1.165, 1.54) is 37.6 Å². The van der Waals surface area contributed by atoms with Gasteiger partial charge in [0, 0.05) is 12.3 Å². The summed E-state index contributed by atoms with van der Waals surface area (Å²) in [5.41, 5.74) is 1.94. The molecule has 1 aromatic heterocycles. The molecule has 9 heteroatoms. The number of nitrogens with two attached hydrogens (primary N) is 1. The Labute approximate surface area is 121 Å². The monoisotopic (exact) mass is 312 g/mol. The summed E-state index contributed by atoms with van der Waals surface area (Å²) in [6.07, 6.45) is 1.38. The molecule has 0 saturated heterocycles. The molecule has 0 aliphatic carbocycles. The molecule has 0 fully saturated rings. The minimum absolute atomic E-state index is 0.0479. The summed E-state index contributed by atoms with van der Waals surface area (Å²) in [7, 11) is -2.66. The van der Waals surface area contributed by atoms with Gasteiger partial charge in [0.1, 0.15) is 16.5 Å². The van der Waals surface area contributed by atoms with Crippen molar-refractivity contribution >= 4 is 21.5 Å². The molecular formula is C12H13FN4O3S. The topological polar surface area (TPSA) is 106 Å². The Hall–Kier alpha value is -2.39. The van der Waals surface area contributed by atoms with E-state index >= 15 is 0 Å². The Morgan fingerprint density at radius 1 is 1.33 bits per heavy atom. The largest absolute Gasteiger partial charge is 0.497 e. The molecule has 0 unspecified atom stereocenters. The van der Waals surface area contributed by atoms with Gasteiger partial charge in [-0.3, -0.25) is 4.72 Å². The Balaban J connectivity index is 2.42. The second kappa shape index (κ2) is 5.94. The minimum atomic E-state index is -4.05. The number of nitrogen functional groups attached to an aromatic ring is 1. The lowest BCUT2D eigenvalue weighted by molar-refractivity contribution is 0.414. The summed E-state index contributed by atoms with van der Waals surface area (Å²) in [5, 5.41) is 0. The van der Waals surface area contributed by atoms with Crippen LogP contribution in [0.4, 0.5) is 15.9 Å². The first-order valence-electron chi connectivity index (χ1n) is 5.76. The zero-order valence-electron chi connectivity index (χ0n) is 11.0. The van der Waals surface area contributed by atoms with Crippen LogP contribution in [0.1, 0.15) is 0 Å². The average Bonchev–Trinajstić information content (AvgIpc) is 2.49. The molecule has 0 saturated carbocycles. The number of nitrogens with one attached hydrogen (secondary N) is 2. The van der Waals surface area contributed by atoms with Crippen molar-refractivity contribution in [2.75, 3.05) is 17.3 Å². The van der Waals surface area contributed by atoms with Gasteiger partial charge in [0.25, 0.3) is 10.0 Å². The maximum absolute atomic E-state index is 13.7. The summed E-state index contributed by atoms with van der Waals surface area (Å²) >= 11 is 0. The van der Waals surface area contributed by atoms with Crippen LogP contribution in [0.15, 0.2) is 41.4 Å². The van der Waals surface area contributed by atoms with Crippen molar-refractivity contribution in [2.24, 2.45) is 5.84 Å². The normalized spacial score (nSPS) is 11.0. The third-order valence-corrected chi connectivity index (χ3v) is 4.01. The van der Waals surface area contributed by atoms with E-state index in [0.29, 0.717) is 5.75 Å². The van der Waals surface area contributed by atoms with Crippen LogP contribution >= 0.6 is 0 Å². The lowest BCUT2D eigenvalue weighted by atomic mass is 10.3. The number of benzene rings is 1. The van der Waals surface area contributed by atoms with E-state index in [-0.39, 0.29) is 16.4 Å². The summed E-state index contributed by atoms with van der Waals surface area (Å²) in [6, 6.07) is 6.44. The summed E-state index contributed by atoms with van der Waals surface area (Å²) in [6.45, 7) is 0. The lowest BCUT2D eigenvalue weighted by Crippen LogP contribution is -2.19. The van der Waals surface area contributed by atoms with Crippen molar-refractivity contribution < 1.29 is 17.5 Å². The van der Waals surface area contributed by atoms with Crippen molar-refractivity contribution in [1.29, 1.82) is 0 Å². The van der Waals surface area contributed by atoms with Crippen LogP contribution in [0, 0.1) is 5.82 Å². The van der Waals surface area contributed by atoms with Crippen LogP contribution in [-0.2, 0) is 10.0 Å². The molecule has 1 aromatic carbocycles. The second-order valence-corrected chi connectivity index (χ2v) is 5.60. The van der Waals surface area contributed by atoms with Gasteiger partial charge in [0.2, 0.25) is 0 Å². The summed E-state index contributed by atoms with van der Waals surface area (Å²) in [4.78, 5) is 3.59. The maximum Gasteiger partial charge on any atom is 0.265 e. The van der Waals surface area contributed by atoms with Crippen LogP contribution in [-0.4, -0.2) is 20.5 Å². The van der Waals surface area contributed by atoms with Gasteiger partial charge in [-0.1, -0.05) is 0 Å². The van der Waals surface area contributed by atoms with E-state index in [0.717, 1.165) is 6.07 Å². The molecule has 4 N–H and O–H groups in total. The van der Waals surface area contributed by atoms with Gasteiger partial charge in [-0.2, -0.15) is 0 Å². The number of anilines is 2. The molecule has 0 bridgehead atoms. The van der Waals surface area contributed by atoms with Gasteiger partial charge in [-0.05, 0) is 24.3 Å². The summed E-state index contributed by atoms with van der Waals surface area (Å²) in [5.74, 6) is 4.76. The third-order valence-electron chi connectivity index (χ3n) is 2.61. The predicted octanol–water partition coefficient (Wildman–Crippen LogP) is 1.32. The van der Waals surface area contributed by atoms with Crippen molar-refractivity contribution in [2.45, 2.75) is 4.90 Å². The van der Waals surface area contributed by atoms with E-state index in [1.807, 2.05) is 0 Å². The first-order chi connectivity index (χ1) is 9.97. The highest BCUT2D eigenvalue weighted by Gasteiger charge is 2.20. The molecule has 2 rings (SSSR count). The third kappa shape index (κ3) is 3.20. The number of hydrogen-bond donors (Lipinski definition) is 3. The van der Waals surface area contributed by atoms with Crippen LogP contribution in [0.25, 0.3) is 0 Å². The first kappa shape index (κ1) is 15.0. The zero-order chi connectivity index (χ0) is 15.5. The van der Waals surface area contributed by atoms with Crippen molar-refractivity contribution in [1.82, 2.24) is 4.98 Å². The van der Waals surface area contributed by atoms with E-state index in [9.17, 15) is 12.8 Å². The fraction of sp³-hybridized carbons (Fsp3) is 0.0833. The van der Waals surface area contributed by atoms with Gasteiger partial charge in [-0.15, -0.1) is 0 Å². The van der Waals surface area contributed by atoms with Crippen LogP contribution in [0.5, 0.6) is 5.75 Å². The number of ether oxygens (including phenoxy) is 1. The number of rotatable bonds is 5. The fourth-order valence-electron chi connectivity index (χ4n) is 1.63. The van der Waals surface area contributed by atoms with Crippen LogP contribution in [0.3, 0.4) is 0 Å². The lowest BCUT2D eigenvalue weighted by Gasteiger charge is -2.12. The molecular weight excluding hydrogens is 299 g/mol. The van der Waals surface area contributed by atoms with Crippen molar-refractivity contribution in [3.8, 4) is 5.75 Å². The molecule has 1 heterocycles. The van der Waals surface area contributed by atoms with Gasteiger partial charge in [0.15, 0.2) is 5.82 Å². The quantitative estimate of drug-likeness (QED) is 0.568. The molecule has 7 nitrogen and oxygen atoms in total. The minimum Gasteiger partial charge on any atom is -0.497 e. The number of hydrazine groups is 1. The molecule has 21 heavy (non-hydrogen) atoms. The predicted molar refractivity (Wildman–Crippen MR) is 75.8 cm³/mol. The second-order valence-electron chi connectivity index (χ2n) is 3.95. The molecule has 2 aromatic rings. The SMILES string of the molecule is COc1ccc(F)c(NS(=O)(=O)c2cccnc2NN)c1. The Morgan fingerprint density at radius 3 is 2.76 bits per heavy atom. The van der Waals surface area contributed by atoms with Gasteiger partial charge >= 0.3 is 0 Å². The molecule has 112 valence electrons. The fourth-order valence-corrected chi connectivity index (χ4v) is 2.80. The highest BCUT2D eigenvalue weighted by atomic mass is 32.2. The summed E-state index contributed by atoms with van der Waals surface area (Å²) < 4.78 is 45.3. The van der Waals surface area contributed by atoms with Gasteiger partial charge in [-0.25, -0.2) is 23.6 Å². The van der Waals surface area contributed by atoms with Crippen LogP contribution in [0.2, 0.25) is 0 Å². The number of nitrogens with zero attached hydrogens (tertiary/aromatic N) is 1. The molecule has 0 aliphatic heterocycles. The van der Waals surface area contributed by atoms with Crippen molar-refractivity contribution in [3.05, 3.63) is 42.3 Å². The van der Waals surface area contributed by atoms with E-state index in [2.05, 4.69) is 15.1 Å². The smallest absolute Gasteiger partial charge is 0.265 e. The van der Waals surface area contributed by atoms with E-state index in [4.69, 9.17) is 10.6 Å². The average molecular weight is 312 g/mol. The van der Waals surface area contributed by atoms with E-state index in [1.54, 1.807) is 0 Å². The van der Waals surface area contributed by atoms with Gasteiger partial charge in [0.05, 0.1) is 12.8 Å². The molecule has 0 amide bonds. The molecule has 0 spiro atoms. The number of aromatic nitrogens is 1. The molecule has 0 aliphatic rings. The van der Waals surface area contributed by atoms with Crippen LogP contribution < -0.4 is 20.7 Å². The van der Waals surface area contributed by atoms with E-state index < -0.39 is 15.8 Å². The Kier molecular flexibility index (Phi) is 4.24. The number of halogens is 1. The highest BCUT2D eigenvalue weighted by Crippen LogP contribution is 2.25. The zero-order valence-corrected chi connectivity index (χ0v) is 11.8. The standard InChI is InChI=1S/C12H13FN4O3S/c1-20-8-4-5-9(13)10(7-8)17-21(18,19)11-3-2-6-15-12(11)16-14/h2-7,17H,14H2,1H3,(H,15,16).